The van der Waals surface area contributed by atoms with Crippen LogP contribution in [-0.2, 0) is 16.6 Å². The van der Waals surface area contributed by atoms with Gasteiger partial charge in [0.15, 0.2) is 21.7 Å². The zero-order valence-electron chi connectivity index (χ0n) is 19.9. The van der Waals surface area contributed by atoms with E-state index in [1.54, 1.807) is 25.1 Å². The van der Waals surface area contributed by atoms with E-state index in [0.717, 1.165) is 17.4 Å². The van der Waals surface area contributed by atoms with Crippen molar-refractivity contribution in [1.29, 1.82) is 0 Å². The lowest BCUT2D eigenvalue weighted by Crippen LogP contribution is -2.17. The van der Waals surface area contributed by atoms with Crippen LogP contribution in [0.25, 0.3) is 11.3 Å². The Labute approximate surface area is 226 Å². The molecule has 14 heteroatoms. The van der Waals surface area contributed by atoms with Gasteiger partial charge >= 0.3 is 0 Å². The van der Waals surface area contributed by atoms with Gasteiger partial charge in [-0.05, 0) is 42.8 Å². The van der Waals surface area contributed by atoms with Gasteiger partial charge in [0.2, 0.25) is 0 Å². The summed E-state index contributed by atoms with van der Waals surface area (Å²) in [6.07, 6.45) is 1.31. The standard InChI is InChI=1S/C24H21ClFN5O5S2/c1-12-8-15(28-10-14-4-3-5-18(32)20(14)33)11-29-23(12)38(35,36)31-24-30-19(21(37-24)22(34)27-2)13-6-7-17(26)16(25)9-13/h3-9,11,28,32-33H,10H2,1-2H3,(H,27,34)(H,30,31). The van der Waals surface area contributed by atoms with Gasteiger partial charge in [0.1, 0.15) is 10.7 Å². The summed E-state index contributed by atoms with van der Waals surface area (Å²) in [5.74, 6) is -1.66. The molecule has 0 radical (unpaired) electrons. The van der Waals surface area contributed by atoms with Gasteiger partial charge in [0, 0.05) is 24.7 Å². The Kier molecular flexibility index (Phi) is 7.71. The van der Waals surface area contributed by atoms with Gasteiger partial charge in [-0.25, -0.2) is 14.4 Å². The van der Waals surface area contributed by atoms with E-state index in [4.69, 9.17) is 11.6 Å². The first-order valence-electron chi connectivity index (χ1n) is 10.9. The lowest BCUT2D eigenvalue weighted by molar-refractivity contribution is 0.0967. The molecule has 1 amide bonds. The van der Waals surface area contributed by atoms with Crippen molar-refractivity contribution in [3.63, 3.8) is 0 Å². The quantitative estimate of drug-likeness (QED) is 0.192. The number of halogens is 2. The Hall–Kier alpha value is -3.94. The van der Waals surface area contributed by atoms with Crippen LogP contribution in [0.3, 0.4) is 0 Å². The third kappa shape index (κ3) is 5.64. The van der Waals surface area contributed by atoms with Crippen LogP contribution in [0.15, 0.2) is 53.7 Å². The summed E-state index contributed by atoms with van der Waals surface area (Å²) in [7, 11) is -2.79. The minimum Gasteiger partial charge on any atom is -0.504 e. The summed E-state index contributed by atoms with van der Waals surface area (Å²) in [4.78, 5) is 20.9. The van der Waals surface area contributed by atoms with Crippen molar-refractivity contribution in [2.45, 2.75) is 18.5 Å². The number of aryl methyl sites for hydroxylation is 1. The van der Waals surface area contributed by atoms with Crippen LogP contribution in [0.5, 0.6) is 11.5 Å². The van der Waals surface area contributed by atoms with Crippen LogP contribution in [0.4, 0.5) is 15.2 Å². The summed E-state index contributed by atoms with van der Waals surface area (Å²) in [5, 5.41) is 24.5. The highest BCUT2D eigenvalue weighted by molar-refractivity contribution is 7.92. The molecule has 0 atom stereocenters. The van der Waals surface area contributed by atoms with Crippen molar-refractivity contribution in [1.82, 2.24) is 15.3 Å². The smallest absolute Gasteiger partial charge is 0.281 e. The van der Waals surface area contributed by atoms with Crippen LogP contribution >= 0.6 is 22.9 Å². The Morgan fingerprint density at radius 1 is 1.18 bits per heavy atom. The number of benzene rings is 2. The highest BCUT2D eigenvalue weighted by Gasteiger charge is 2.25. The van der Waals surface area contributed by atoms with Crippen LogP contribution in [-0.4, -0.2) is 41.6 Å². The normalized spacial score (nSPS) is 11.3. The molecule has 0 aliphatic carbocycles. The summed E-state index contributed by atoms with van der Waals surface area (Å²) >= 11 is 6.68. The minimum atomic E-state index is -4.20. The number of rotatable bonds is 8. The molecule has 4 aromatic rings. The number of para-hydroxylation sites is 1. The topological polar surface area (TPSA) is 154 Å². The predicted molar refractivity (Wildman–Crippen MR) is 143 cm³/mol. The molecule has 38 heavy (non-hydrogen) atoms. The Balaban J connectivity index is 1.58. The highest BCUT2D eigenvalue weighted by Crippen LogP contribution is 2.34. The van der Waals surface area contributed by atoms with Gasteiger partial charge in [0.25, 0.3) is 15.9 Å². The van der Waals surface area contributed by atoms with E-state index in [1.807, 2.05) is 0 Å². The van der Waals surface area contributed by atoms with Crippen molar-refractivity contribution in [3.8, 4) is 22.8 Å². The fourth-order valence-corrected chi connectivity index (χ4v) is 6.00. The number of phenolic OH excluding ortho intramolecular Hbond substituents is 2. The van der Waals surface area contributed by atoms with Crippen LogP contribution in [0, 0.1) is 12.7 Å². The van der Waals surface area contributed by atoms with E-state index in [2.05, 4.69) is 25.3 Å². The maximum absolute atomic E-state index is 13.6. The average molecular weight is 578 g/mol. The number of nitrogens with zero attached hydrogens (tertiary/aromatic N) is 2. The molecule has 198 valence electrons. The second kappa shape index (κ2) is 10.8. The minimum absolute atomic E-state index is 0.0955. The first-order valence-corrected chi connectivity index (χ1v) is 13.6. The van der Waals surface area contributed by atoms with E-state index >= 15 is 0 Å². The molecule has 5 N–H and O–H groups in total. The SMILES string of the molecule is CNC(=O)c1sc(NS(=O)(=O)c2ncc(NCc3cccc(O)c3O)cc2C)nc1-c1ccc(F)c(Cl)c1. The molecule has 0 spiro atoms. The number of aromatic hydroxyl groups is 2. The van der Waals surface area contributed by atoms with Gasteiger partial charge in [-0.3, -0.25) is 9.52 Å². The van der Waals surface area contributed by atoms with Gasteiger partial charge in [-0.1, -0.05) is 35.1 Å². The molecule has 0 saturated carbocycles. The number of hydrogen-bond acceptors (Lipinski definition) is 9. The molecular weight excluding hydrogens is 557 g/mol. The van der Waals surface area contributed by atoms with Crippen molar-refractivity contribution in [2.24, 2.45) is 0 Å². The Bertz CT molecular complexity index is 1650. The van der Waals surface area contributed by atoms with E-state index in [0.29, 0.717) is 22.4 Å². The third-order valence-electron chi connectivity index (χ3n) is 5.34. The molecule has 2 aromatic carbocycles. The summed E-state index contributed by atoms with van der Waals surface area (Å²) in [6.45, 7) is 1.71. The first kappa shape index (κ1) is 27.1. The number of sulfonamides is 1. The van der Waals surface area contributed by atoms with E-state index in [9.17, 15) is 27.8 Å². The van der Waals surface area contributed by atoms with Gasteiger partial charge in [-0.2, -0.15) is 8.42 Å². The Morgan fingerprint density at radius 3 is 2.63 bits per heavy atom. The van der Waals surface area contributed by atoms with E-state index in [1.165, 1.54) is 31.4 Å². The summed E-state index contributed by atoms with van der Waals surface area (Å²) in [5.41, 5.74) is 1.70. The number of carbonyl (C=O) groups is 1. The van der Waals surface area contributed by atoms with Crippen LogP contribution in [0.2, 0.25) is 5.02 Å². The molecule has 0 saturated heterocycles. The Morgan fingerprint density at radius 2 is 1.95 bits per heavy atom. The molecular formula is C24H21ClFN5O5S2. The molecule has 0 unspecified atom stereocenters. The number of aromatic nitrogens is 2. The van der Waals surface area contributed by atoms with Gasteiger partial charge < -0.3 is 20.8 Å². The molecule has 0 aliphatic heterocycles. The van der Waals surface area contributed by atoms with E-state index in [-0.39, 0.29) is 43.8 Å². The fraction of sp³-hybridized carbons (Fsp3) is 0.125. The van der Waals surface area contributed by atoms with Crippen LogP contribution in [0.1, 0.15) is 20.8 Å². The number of carbonyl (C=O) groups excluding carboxylic acids is 1. The zero-order chi connectivity index (χ0) is 27.6. The predicted octanol–water partition coefficient (Wildman–Crippen LogP) is 4.49. The molecule has 10 nitrogen and oxygen atoms in total. The molecule has 0 aliphatic rings. The van der Waals surface area contributed by atoms with Gasteiger partial charge in [-0.15, -0.1) is 0 Å². The number of pyridine rings is 1. The van der Waals surface area contributed by atoms with Crippen LogP contribution < -0.4 is 15.4 Å². The average Bonchev–Trinajstić information content (AvgIpc) is 3.29. The van der Waals surface area contributed by atoms with Crippen molar-refractivity contribution >= 4 is 49.7 Å². The maximum Gasteiger partial charge on any atom is 0.281 e. The first-order chi connectivity index (χ1) is 18.0. The number of nitrogens with one attached hydrogen (secondary N) is 3. The molecule has 0 fully saturated rings. The second-order valence-electron chi connectivity index (χ2n) is 7.99. The van der Waals surface area contributed by atoms with Crippen molar-refractivity contribution < 1.29 is 27.8 Å². The highest BCUT2D eigenvalue weighted by atomic mass is 35.5. The zero-order valence-corrected chi connectivity index (χ0v) is 22.3. The lowest BCUT2D eigenvalue weighted by Gasteiger charge is -2.12. The second-order valence-corrected chi connectivity index (χ2v) is 11.0. The van der Waals surface area contributed by atoms with E-state index < -0.39 is 21.7 Å². The van der Waals surface area contributed by atoms with Crippen molar-refractivity contribution in [2.75, 3.05) is 17.1 Å². The largest absolute Gasteiger partial charge is 0.504 e. The number of phenols is 2. The lowest BCUT2D eigenvalue weighted by atomic mass is 10.1. The van der Waals surface area contributed by atoms with Gasteiger partial charge in [0.05, 0.1) is 22.6 Å². The fourth-order valence-electron chi connectivity index (χ4n) is 3.49. The molecule has 0 bridgehead atoms. The number of amides is 1. The number of anilines is 2. The summed E-state index contributed by atoms with van der Waals surface area (Å²) < 4.78 is 42.2. The molecule has 2 aromatic heterocycles. The number of thiazole rings is 1. The maximum atomic E-state index is 13.6. The van der Waals surface area contributed by atoms with Crippen molar-refractivity contribution in [3.05, 3.63) is 75.5 Å². The molecule has 2 heterocycles. The monoisotopic (exact) mass is 577 g/mol. The third-order valence-corrected chi connectivity index (χ3v) is 8.13. The molecule has 4 rings (SSSR count). The number of hydrogen-bond donors (Lipinski definition) is 5. The summed E-state index contributed by atoms with van der Waals surface area (Å²) in [6, 6.07) is 9.93.